The Hall–Kier alpha value is -2.33. The van der Waals surface area contributed by atoms with Crippen molar-refractivity contribution in [3.05, 3.63) is 60.8 Å². The first-order valence-electron chi connectivity index (χ1n) is 22.2. The lowest BCUT2D eigenvalue weighted by molar-refractivity contribution is -0.161. The summed E-state index contributed by atoms with van der Waals surface area (Å²) >= 11 is 0. The third-order valence-electron chi connectivity index (χ3n) is 9.14. The molecule has 0 aliphatic rings. The van der Waals surface area contributed by atoms with E-state index in [-0.39, 0.29) is 19.4 Å². The van der Waals surface area contributed by atoms with Gasteiger partial charge in [0.25, 0.3) is 0 Å². The molecule has 0 saturated heterocycles. The molecule has 0 aliphatic carbocycles. The van der Waals surface area contributed by atoms with Crippen molar-refractivity contribution in [3.63, 3.8) is 0 Å². The number of hydrogen-bond acceptors (Lipinski definition) is 9. The number of aliphatic hydroxyl groups excluding tert-OH is 2. The van der Waals surface area contributed by atoms with Crippen molar-refractivity contribution >= 4 is 19.8 Å². The lowest BCUT2D eigenvalue weighted by Crippen LogP contribution is -2.29. The summed E-state index contributed by atoms with van der Waals surface area (Å²) in [6, 6.07) is 0. The highest BCUT2D eigenvalue weighted by atomic mass is 31.2. The Morgan fingerprint density at radius 3 is 1.44 bits per heavy atom. The molecule has 330 valence electrons. The normalized spacial score (nSPS) is 14.4. The molecular weight excluding hydrogens is 743 g/mol. The van der Waals surface area contributed by atoms with Gasteiger partial charge in [-0.25, -0.2) is 4.57 Å². The molecule has 0 aromatic heterocycles. The largest absolute Gasteiger partial charge is 0.472 e. The standard InChI is InChI=1S/C46H81O10P/c1-3-5-7-9-11-13-15-17-19-20-21-22-24-25-27-29-31-33-35-37-45(49)53-41-44(42-55-57(51,52)54-40-43(48)39-47)56-46(50)38-36-34-32-30-28-26-23-18-16-14-12-10-8-6-4-2/h11,13-14,16-17,19,21-22,25,27,43-44,47-48H,3-10,12,15,18,20,23-24,26,28-42H2,1-2H3,(H,51,52)/b13-11+,16-14+,19-17+,22-21+,27-25+/t43-,44+/m0/s1. The molecule has 0 bridgehead atoms. The number of esters is 2. The minimum Gasteiger partial charge on any atom is -0.462 e. The van der Waals surface area contributed by atoms with Crippen LogP contribution in [-0.2, 0) is 32.7 Å². The van der Waals surface area contributed by atoms with Gasteiger partial charge in [0.1, 0.15) is 12.7 Å². The van der Waals surface area contributed by atoms with Gasteiger partial charge in [-0.2, -0.15) is 0 Å². The van der Waals surface area contributed by atoms with Gasteiger partial charge in [0.15, 0.2) is 6.10 Å². The Bertz CT molecular complexity index is 1130. The fourth-order valence-electron chi connectivity index (χ4n) is 5.68. The zero-order chi connectivity index (χ0) is 41.9. The highest BCUT2D eigenvalue weighted by Gasteiger charge is 2.27. The van der Waals surface area contributed by atoms with Gasteiger partial charge < -0.3 is 24.6 Å². The van der Waals surface area contributed by atoms with Gasteiger partial charge in [0.05, 0.1) is 19.8 Å². The van der Waals surface area contributed by atoms with E-state index in [0.717, 1.165) is 64.2 Å². The molecule has 0 heterocycles. The van der Waals surface area contributed by atoms with E-state index in [2.05, 4.69) is 79.1 Å². The molecule has 0 saturated carbocycles. The molecule has 3 atom stereocenters. The summed E-state index contributed by atoms with van der Waals surface area (Å²) in [6.07, 6.45) is 46.1. The summed E-state index contributed by atoms with van der Waals surface area (Å²) in [6.45, 7) is 2.29. The number of carbonyl (C=O) groups is 2. The summed E-state index contributed by atoms with van der Waals surface area (Å²) in [7, 11) is -4.63. The fourth-order valence-corrected chi connectivity index (χ4v) is 6.47. The molecule has 11 heteroatoms. The maximum Gasteiger partial charge on any atom is 0.472 e. The lowest BCUT2D eigenvalue weighted by Gasteiger charge is -2.20. The maximum atomic E-state index is 12.6. The van der Waals surface area contributed by atoms with E-state index in [1.165, 1.54) is 77.0 Å². The van der Waals surface area contributed by atoms with Crippen molar-refractivity contribution in [1.29, 1.82) is 0 Å². The molecule has 0 aromatic carbocycles. The molecule has 0 aromatic rings. The quantitative estimate of drug-likeness (QED) is 0.0235. The number of allylic oxidation sites excluding steroid dienone is 10. The van der Waals surface area contributed by atoms with Gasteiger partial charge >= 0.3 is 19.8 Å². The first kappa shape index (κ1) is 54.7. The van der Waals surface area contributed by atoms with Crippen molar-refractivity contribution in [2.24, 2.45) is 0 Å². The molecule has 0 aliphatic heterocycles. The minimum atomic E-state index is -4.63. The van der Waals surface area contributed by atoms with Gasteiger partial charge in [-0.1, -0.05) is 145 Å². The summed E-state index contributed by atoms with van der Waals surface area (Å²) in [5, 5.41) is 18.3. The number of unbranched alkanes of at least 4 members (excludes halogenated alkanes) is 17. The monoisotopic (exact) mass is 825 g/mol. The van der Waals surface area contributed by atoms with Crippen molar-refractivity contribution in [3.8, 4) is 0 Å². The Balaban J connectivity index is 4.36. The smallest absolute Gasteiger partial charge is 0.462 e. The second kappa shape index (κ2) is 41.8. The van der Waals surface area contributed by atoms with Crippen LogP contribution in [0.15, 0.2) is 60.8 Å². The molecule has 3 N–H and O–H groups in total. The van der Waals surface area contributed by atoms with E-state index in [1.54, 1.807) is 0 Å². The Labute approximate surface area is 346 Å². The van der Waals surface area contributed by atoms with Crippen LogP contribution in [0.25, 0.3) is 0 Å². The van der Waals surface area contributed by atoms with Crippen molar-refractivity contribution < 1.29 is 47.8 Å². The highest BCUT2D eigenvalue weighted by molar-refractivity contribution is 7.47. The van der Waals surface area contributed by atoms with Crippen LogP contribution in [0.4, 0.5) is 0 Å². The van der Waals surface area contributed by atoms with E-state index in [4.69, 9.17) is 19.1 Å². The van der Waals surface area contributed by atoms with Crippen molar-refractivity contribution in [2.45, 2.75) is 193 Å². The number of rotatable bonds is 41. The third-order valence-corrected chi connectivity index (χ3v) is 10.1. The zero-order valence-corrected chi connectivity index (χ0v) is 36.7. The lowest BCUT2D eigenvalue weighted by atomic mass is 10.1. The number of phosphoric ester groups is 1. The van der Waals surface area contributed by atoms with Crippen LogP contribution < -0.4 is 0 Å². The van der Waals surface area contributed by atoms with Crippen LogP contribution in [-0.4, -0.2) is 65.7 Å². The predicted octanol–water partition coefficient (Wildman–Crippen LogP) is 11.9. The first-order chi connectivity index (χ1) is 27.7. The number of carbonyl (C=O) groups excluding carboxylic acids is 2. The van der Waals surface area contributed by atoms with Crippen LogP contribution in [0.2, 0.25) is 0 Å². The number of ether oxygens (including phenoxy) is 2. The summed E-state index contributed by atoms with van der Waals surface area (Å²) in [5.41, 5.74) is 0. The zero-order valence-electron chi connectivity index (χ0n) is 35.8. The van der Waals surface area contributed by atoms with E-state index in [0.29, 0.717) is 12.8 Å². The summed E-state index contributed by atoms with van der Waals surface area (Å²) < 4.78 is 32.7. The molecule has 0 radical (unpaired) electrons. The summed E-state index contributed by atoms with van der Waals surface area (Å²) in [4.78, 5) is 35.0. The molecule has 0 rings (SSSR count). The van der Waals surface area contributed by atoms with Gasteiger partial charge in [0, 0.05) is 12.8 Å². The minimum absolute atomic E-state index is 0.170. The van der Waals surface area contributed by atoms with Gasteiger partial charge in [-0.3, -0.25) is 18.6 Å². The van der Waals surface area contributed by atoms with Crippen LogP contribution in [0.5, 0.6) is 0 Å². The van der Waals surface area contributed by atoms with Crippen LogP contribution in [0.3, 0.4) is 0 Å². The van der Waals surface area contributed by atoms with Gasteiger partial charge in [0.2, 0.25) is 0 Å². The Morgan fingerprint density at radius 1 is 0.526 bits per heavy atom. The first-order valence-corrected chi connectivity index (χ1v) is 23.7. The fraction of sp³-hybridized carbons (Fsp3) is 0.739. The average Bonchev–Trinajstić information content (AvgIpc) is 3.20. The molecule has 57 heavy (non-hydrogen) atoms. The van der Waals surface area contributed by atoms with Crippen molar-refractivity contribution in [1.82, 2.24) is 0 Å². The van der Waals surface area contributed by atoms with Crippen molar-refractivity contribution in [2.75, 3.05) is 26.4 Å². The Kier molecular flexibility index (Phi) is 40.1. The number of phosphoric acid groups is 1. The average molecular weight is 825 g/mol. The van der Waals surface area contributed by atoms with Gasteiger partial charge in [-0.15, -0.1) is 0 Å². The predicted molar refractivity (Wildman–Crippen MR) is 233 cm³/mol. The SMILES string of the molecule is CCCCC/C=C/C/C=C/C/C=C/C/C=C/CCCCCC(=O)OC[C@H](COP(=O)(O)OC[C@@H](O)CO)OC(=O)CCCCCCCCC/C=C/CCCCCC. The van der Waals surface area contributed by atoms with Crippen LogP contribution in [0.1, 0.15) is 181 Å². The van der Waals surface area contributed by atoms with Gasteiger partial charge in [-0.05, 0) is 83.5 Å². The van der Waals surface area contributed by atoms with Crippen LogP contribution in [0, 0.1) is 0 Å². The number of hydrogen-bond donors (Lipinski definition) is 3. The highest BCUT2D eigenvalue weighted by Crippen LogP contribution is 2.43. The Morgan fingerprint density at radius 2 is 0.912 bits per heavy atom. The molecular formula is C46H81O10P. The van der Waals surface area contributed by atoms with E-state index in [1.807, 2.05) is 0 Å². The number of aliphatic hydroxyl groups is 2. The second-order valence-corrected chi connectivity index (χ2v) is 16.2. The van der Waals surface area contributed by atoms with Crippen LogP contribution >= 0.6 is 7.82 Å². The molecule has 0 fully saturated rings. The topological polar surface area (TPSA) is 149 Å². The van der Waals surface area contributed by atoms with E-state index >= 15 is 0 Å². The van der Waals surface area contributed by atoms with E-state index in [9.17, 15) is 24.2 Å². The third kappa shape index (κ3) is 41.6. The molecule has 1 unspecified atom stereocenters. The maximum absolute atomic E-state index is 12.6. The second-order valence-electron chi connectivity index (χ2n) is 14.7. The molecule has 0 amide bonds. The molecule has 0 spiro atoms. The van der Waals surface area contributed by atoms with E-state index < -0.39 is 51.8 Å². The molecule has 10 nitrogen and oxygen atoms in total. The summed E-state index contributed by atoms with van der Waals surface area (Å²) in [5.74, 6) is -0.968.